The van der Waals surface area contributed by atoms with Crippen LogP contribution in [0.15, 0.2) is 42.5 Å². The molecule has 12 heteroatoms. The molecule has 2 aromatic carbocycles. The van der Waals surface area contributed by atoms with Crippen molar-refractivity contribution in [2.75, 3.05) is 42.6 Å². The van der Waals surface area contributed by atoms with Crippen LogP contribution in [0.5, 0.6) is 0 Å². The number of hydrogen-bond acceptors (Lipinski definition) is 7. The Hall–Kier alpha value is -2.80. The molecule has 4 aliphatic rings. The standard InChI is InChI=1S/C32H41ClN4O6Si/c1-20-30(44(2,3)42)27(16-28(39)35-13-4-5-24(35)19-38)43-32(20)25-15-22(33)8-11-26(25)37(31(32)41)18-21-6-9-23(10-7-21)36-14-12-34-17-29(36)40/h6-11,15,20,24,27,30,34,38,42H,4-5,12-14,16-19H2,1-3H3/t20-,24+,27+,30-,32+/m1/s1. The van der Waals surface area contributed by atoms with E-state index in [4.69, 9.17) is 16.3 Å². The topological polar surface area (TPSA) is 123 Å². The van der Waals surface area contributed by atoms with Gasteiger partial charge in [0.1, 0.15) is 0 Å². The molecular weight excluding hydrogens is 600 g/mol. The first-order valence-corrected chi connectivity index (χ1v) is 18.9. The van der Waals surface area contributed by atoms with E-state index in [0.717, 1.165) is 30.6 Å². The van der Waals surface area contributed by atoms with Gasteiger partial charge in [-0.3, -0.25) is 14.4 Å². The number of halogens is 1. The lowest BCUT2D eigenvalue weighted by molar-refractivity contribution is -0.150. The molecule has 0 aromatic heterocycles. The first-order chi connectivity index (χ1) is 21.0. The van der Waals surface area contributed by atoms with Crippen molar-refractivity contribution in [3.63, 3.8) is 0 Å². The van der Waals surface area contributed by atoms with Crippen LogP contribution in [0.2, 0.25) is 23.7 Å². The molecule has 4 aliphatic heterocycles. The van der Waals surface area contributed by atoms with Gasteiger partial charge in [0.05, 0.1) is 44.0 Å². The first kappa shape index (κ1) is 31.2. The lowest BCUT2D eigenvalue weighted by Crippen LogP contribution is -2.48. The zero-order chi connectivity index (χ0) is 31.4. The number of piperazine rings is 1. The van der Waals surface area contributed by atoms with E-state index in [1.54, 1.807) is 26.8 Å². The van der Waals surface area contributed by atoms with Crippen molar-refractivity contribution in [1.82, 2.24) is 10.2 Å². The third kappa shape index (κ3) is 5.27. The molecule has 4 heterocycles. The molecule has 0 saturated carbocycles. The maximum absolute atomic E-state index is 14.6. The number of hydrogen-bond donors (Lipinski definition) is 3. The number of carbonyl (C=O) groups is 3. The number of benzene rings is 2. The maximum atomic E-state index is 14.6. The smallest absolute Gasteiger partial charge is 0.264 e. The van der Waals surface area contributed by atoms with Crippen molar-refractivity contribution >= 4 is 49.0 Å². The predicted molar refractivity (Wildman–Crippen MR) is 170 cm³/mol. The zero-order valence-corrected chi connectivity index (χ0v) is 27.2. The molecule has 3 N–H and O–H groups in total. The SMILES string of the molecule is C[C@@H]1[C@@H]([Si](C)(C)O)[C@H](CC(=O)N2CCC[C@H]2CO)O[C@@]12C(=O)N(Cc1ccc(N3CCNCC3=O)cc1)c1ccc(Cl)cc12. The van der Waals surface area contributed by atoms with E-state index in [2.05, 4.69) is 5.32 Å². The van der Waals surface area contributed by atoms with Gasteiger partial charge in [0.2, 0.25) is 11.8 Å². The second kappa shape index (κ2) is 11.8. The molecule has 0 aliphatic carbocycles. The van der Waals surface area contributed by atoms with Crippen LogP contribution in [0.1, 0.15) is 37.3 Å². The summed E-state index contributed by atoms with van der Waals surface area (Å²) in [5.74, 6) is -0.768. The molecule has 3 saturated heterocycles. The van der Waals surface area contributed by atoms with E-state index < -0.39 is 31.5 Å². The van der Waals surface area contributed by atoms with E-state index >= 15 is 0 Å². The van der Waals surface area contributed by atoms with Gasteiger partial charge in [0.15, 0.2) is 13.9 Å². The number of rotatable bonds is 7. The molecular formula is C32H41ClN4O6Si. The highest BCUT2D eigenvalue weighted by molar-refractivity contribution is 6.71. The zero-order valence-electron chi connectivity index (χ0n) is 25.5. The molecule has 1 spiro atoms. The summed E-state index contributed by atoms with van der Waals surface area (Å²) in [7, 11) is -2.95. The molecule has 236 valence electrons. The third-order valence-corrected chi connectivity index (χ3v) is 12.6. The minimum Gasteiger partial charge on any atom is -0.432 e. The molecule has 0 radical (unpaired) electrons. The quantitative estimate of drug-likeness (QED) is 0.398. The van der Waals surface area contributed by atoms with E-state index in [0.29, 0.717) is 35.9 Å². The van der Waals surface area contributed by atoms with Crippen molar-refractivity contribution in [2.24, 2.45) is 5.92 Å². The van der Waals surface area contributed by atoms with Gasteiger partial charge in [0, 0.05) is 47.4 Å². The van der Waals surface area contributed by atoms with Crippen LogP contribution in [-0.4, -0.2) is 85.8 Å². The van der Waals surface area contributed by atoms with Gasteiger partial charge < -0.3 is 34.7 Å². The molecule has 3 fully saturated rings. The van der Waals surface area contributed by atoms with Crippen molar-refractivity contribution < 1.29 is 29.0 Å². The van der Waals surface area contributed by atoms with Crippen LogP contribution in [0.25, 0.3) is 0 Å². The van der Waals surface area contributed by atoms with Crippen LogP contribution in [-0.2, 0) is 31.3 Å². The number of ether oxygens (including phenoxy) is 1. The summed E-state index contributed by atoms with van der Waals surface area (Å²) in [6, 6.07) is 12.8. The molecule has 10 nitrogen and oxygen atoms in total. The van der Waals surface area contributed by atoms with Crippen molar-refractivity contribution in [3.8, 4) is 0 Å². The maximum Gasteiger partial charge on any atom is 0.264 e. The minimum absolute atomic E-state index is 0.0217. The number of nitrogens with one attached hydrogen (secondary N) is 1. The highest BCUT2D eigenvalue weighted by atomic mass is 35.5. The Morgan fingerprint density at radius 2 is 1.91 bits per heavy atom. The lowest BCUT2D eigenvalue weighted by Gasteiger charge is -2.33. The summed E-state index contributed by atoms with van der Waals surface area (Å²) in [5, 5.41) is 13.4. The number of anilines is 2. The number of amides is 3. The second-order valence-electron chi connectivity index (χ2n) is 13.1. The molecule has 5 atom stereocenters. The van der Waals surface area contributed by atoms with Crippen LogP contribution in [0.4, 0.5) is 11.4 Å². The monoisotopic (exact) mass is 640 g/mol. The molecule has 2 aromatic rings. The second-order valence-corrected chi connectivity index (χ2v) is 17.5. The fourth-order valence-electron chi connectivity index (χ4n) is 7.89. The van der Waals surface area contributed by atoms with Gasteiger partial charge in [-0.25, -0.2) is 0 Å². The highest BCUT2D eigenvalue weighted by Crippen LogP contribution is 2.60. The van der Waals surface area contributed by atoms with Gasteiger partial charge in [-0.2, -0.15) is 0 Å². The van der Waals surface area contributed by atoms with Crippen molar-refractivity contribution in [3.05, 3.63) is 58.6 Å². The van der Waals surface area contributed by atoms with Gasteiger partial charge in [-0.1, -0.05) is 30.7 Å². The Labute approximate surface area is 264 Å². The Morgan fingerprint density at radius 1 is 1.16 bits per heavy atom. The summed E-state index contributed by atoms with van der Waals surface area (Å²) in [6.07, 6.45) is 0.942. The number of likely N-dealkylation sites (tertiary alicyclic amines) is 1. The summed E-state index contributed by atoms with van der Waals surface area (Å²) in [6.45, 7) is 8.02. The van der Waals surface area contributed by atoms with Gasteiger partial charge in [-0.05, 0) is 61.8 Å². The van der Waals surface area contributed by atoms with Gasteiger partial charge in [-0.15, -0.1) is 0 Å². The largest absolute Gasteiger partial charge is 0.432 e. The number of aliphatic hydroxyl groups is 1. The van der Waals surface area contributed by atoms with E-state index in [-0.39, 0.29) is 43.3 Å². The average molecular weight is 641 g/mol. The molecule has 0 unspecified atom stereocenters. The van der Waals surface area contributed by atoms with Gasteiger partial charge >= 0.3 is 0 Å². The molecule has 3 amide bonds. The fourth-order valence-corrected chi connectivity index (χ4v) is 10.6. The Morgan fingerprint density at radius 3 is 2.59 bits per heavy atom. The normalized spacial score (nSPS) is 28.8. The third-order valence-electron chi connectivity index (χ3n) is 9.91. The van der Waals surface area contributed by atoms with E-state index in [9.17, 15) is 24.3 Å². The summed E-state index contributed by atoms with van der Waals surface area (Å²) < 4.78 is 6.80. The van der Waals surface area contributed by atoms with Crippen molar-refractivity contribution in [2.45, 2.75) is 69.1 Å². The Bertz CT molecular complexity index is 1450. The predicted octanol–water partition coefficient (Wildman–Crippen LogP) is 2.99. The molecule has 0 bridgehead atoms. The molecule has 6 rings (SSSR count). The Kier molecular flexibility index (Phi) is 8.40. The van der Waals surface area contributed by atoms with Crippen LogP contribution < -0.4 is 15.1 Å². The van der Waals surface area contributed by atoms with E-state index in [1.165, 1.54) is 0 Å². The average Bonchev–Trinajstić information content (AvgIpc) is 3.64. The summed E-state index contributed by atoms with van der Waals surface area (Å²) in [4.78, 5) is 57.2. The summed E-state index contributed by atoms with van der Waals surface area (Å²) in [5.41, 5.74) is 1.24. The van der Waals surface area contributed by atoms with Crippen LogP contribution in [0, 0.1) is 5.92 Å². The number of fused-ring (bicyclic) bond motifs is 2. The first-order valence-electron chi connectivity index (χ1n) is 15.5. The lowest BCUT2D eigenvalue weighted by atomic mass is 9.82. The van der Waals surface area contributed by atoms with Crippen LogP contribution >= 0.6 is 11.6 Å². The van der Waals surface area contributed by atoms with E-state index in [1.807, 2.05) is 50.3 Å². The number of carbonyl (C=O) groups excluding carboxylic acids is 3. The van der Waals surface area contributed by atoms with Crippen molar-refractivity contribution in [1.29, 1.82) is 0 Å². The summed E-state index contributed by atoms with van der Waals surface area (Å²) >= 11 is 6.51. The Balaban J connectivity index is 1.31. The minimum atomic E-state index is -2.95. The molecule has 44 heavy (non-hydrogen) atoms. The van der Waals surface area contributed by atoms with Gasteiger partial charge in [0.25, 0.3) is 5.91 Å². The highest BCUT2D eigenvalue weighted by Gasteiger charge is 2.66. The number of aliphatic hydroxyl groups excluding tert-OH is 1. The fraction of sp³-hybridized carbons (Fsp3) is 0.531. The number of nitrogens with zero attached hydrogens (tertiary/aromatic N) is 3. The van der Waals surface area contributed by atoms with Crippen LogP contribution in [0.3, 0.4) is 0 Å².